The van der Waals surface area contributed by atoms with Gasteiger partial charge in [-0.05, 0) is 18.8 Å². The molecule has 3 aliphatic carbocycles. The zero-order chi connectivity index (χ0) is 10.3. The van der Waals surface area contributed by atoms with E-state index in [1.807, 2.05) is 12.2 Å². The van der Waals surface area contributed by atoms with Gasteiger partial charge in [-0.1, -0.05) is 12.8 Å². The molecule has 0 amide bonds. The van der Waals surface area contributed by atoms with Crippen molar-refractivity contribution in [2.45, 2.75) is 38.5 Å². The van der Waals surface area contributed by atoms with Crippen molar-refractivity contribution in [2.75, 3.05) is 0 Å². The molecule has 0 bridgehead atoms. The quantitative estimate of drug-likeness (QED) is 0.575. The van der Waals surface area contributed by atoms with Crippen molar-refractivity contribution in [1.82, 2.24) is 0 Å². The summed E-state index contributed by atoms with van der Waals surface area (Å²) in [6.07, 6.45) is 24.6. The first kappa shape index (κ1) is 20.7. The normalized spacial score (nSPS) is 19.2. The molecule has 1 saturated carbocycles. The van der Waals surface area contributed by atoms with Gasteiger partial charge in [0.25, 0.3) is 0 Å². The van der Waals surface area contributed by atoms with Crippen molar-refractivity contribution in [3.8, 4) is 0 Å². The van der Waals surface area contributed by atoms with Crippen LogP contribution in [0.4, 0.5) is 0 Å². The minimum Gasteiger partial charge on any atom is -0.273 e. The van der Waals surface area contributed by atoms with E-state index < -0.39 is 0 Å². The third-order valence-electron chi connectivity index (χ3n) is 3.10. The number of allylic oxidation sites excluding steroid dienone is 8. The van der Waals surface area contributed by atoms with Crippen LogP contribution in [-0.2, 0) is 26.2 Å². The minimum atomic E-state index is 0. The van der Waals surface area contributed by atoms with Crippen LogP contribution in [0, 0.1) is 18.1 Å². The Morgan fingerprint density at radius 1 is 1.00 bits per heavy atom. The van der Waals surface area contributed by atoms with Crippen molar-refractivity contribution >= 4 is 24.8 Å². The van der Waals surface area contributed by atoms with E-state index in [2.05, 4.69) is 30.4 Å². The Hall–Kier alpha value is 0.423. The molecule has 0 aromatic rings. The second-order valence-electron chi connectivity index (χ2n) is 4.22. The summed E-state index contributed by atoms with van der Waals surface area (Å²) in [5, 5.41) is 0. The van der Waals surface area contributed by atoms with E-state index in [-0.39, 0.29) is 51.0 Å². The molecule has 0 aromatic heterocycles. The van der Waals surface area contributed by atoms with Crippen LogP contribution in [-0.4, -0.2) is 0 Å². The van der Waals surface area contributed by atoms with Gasteiger partial charge in [-0.25, -0.2) is 23.8 Å². The van der Waals surface area contributed by atoms with Gasteiger partial charge in [0.2, 0.25) is 0 Å². The number of halogens is 2. The van der Waals surface area contributed by atoms with Crippen LogP contribution in [0.2, 0.25) is 0 Å². The number of rotatable bonds is 1. The molecule has 3 aliphatic rings. The van der Waals surface area contributed by atoms with Crippen LogP contribution < -0.4 is 0 Å². The molecule has 0 N–H and O–H groups in total. The van der Waals surface area contributed by atoms with Gasteiger partial charge in [0, 0.05) is 0 Å². The average Bonchev–Trinajstić information content (AvgIpc) is 3.06. The first-order chi connectivity index (χ1) is 7.47. The van der Waals surface area contributed by atoms with Crippen LogP contribution in [0.15, 0.2) is 36.0 Å². The summed E-state index contributed by atoms with van der Waals surface area (Å²) in [6.45, 7) is 0. The molecule has 0 saturated heterocycles. The molecule has 0 radical (unpaired) electrons. The summed E-state index contributed by atoms with van der Waals surface area (Å²) in [5.41, 5.74) is 1.50. The van der Waals surface area contributed by atoms with Gasteiger partial charge >= 0.3 is 26.2 Å². The summed E-state index contributed by atoms with van der Waals surface area (Å²) in [6, 6.07) is 0. The van der Waals surface area contributed by atoms with Gasteiger partial charge in [0.15, 0.2) is 0 Å². The Morgan fingerprint density at radius 3 is 2.11 bits per heavy atom. The second kappa shape index (κ2) is 12.5. The van der Waals surface area contributed by atoms with Crippen molar-refractivity contribution in [2.24, 2.45) is 5.92 Å². The molecule has 0 heterocycles. The molecular formula is C15H20Cl2Zr. The van der Waals surface area contributed by atoms with Gasteiger partial charge in [-0.15, -0.1) is 37.7 Å². The summed E-state index contributed by atoms with van der Waals surface area (Å²) < 4.78 is 0. The fourth-order valence-electron chi connectivity index (χ4n) is 2.28. The van der Waals surface area contributed by atoms with Crippen LogP contribution in [0.1, 0.15) is 38.5 Å². The number of hydrogen-bond donors (Lipinski definition) is 0. The average molecular weight is 362 g/mol. The molecule has 3 rings (SSSR count). The zero-order valence-electron chi connectivity index (χ0n) is 10.5. The standard InChI is InChI=1S/C10H13.C5H5.2ClH.Zr/c1-2-6-9(5-1)10-7-3-4-8-10;1-2-4-5-3-1;;;/h1,5,10H,2-4,7-8H2;1-3H,4H2;2*1H;/q2*-1;;;+2. The number of hydrogen-bond acceptors (Lipinski definition) is 0. The molecule has 0 spiro atoms. The molecular weight excluding hydrogens is 342 g/mol. The van der Waals surface area contributed by atoms with Gasteiger partial charge in [0.1, 0.15) is 0 Å². The van der Waals surface area contributed by atoms with E-state index in [1.54, 1.807) is 0 Å². The zero-order valence-corrected chi connectivity index (χ0v) is 14.6. The van der Waals surface area contributed by atoms with Crippen molar-refractivity contribution in [3.63, 3.8) is 0 Å². The molecule has 98 valence electrons. The second-order valence-corrected chi connectivity index (χ2v) is 4.22. The van der Waals surface area contributed by atoms with Crippen molar-refractivity contribution < 1.29 is 26.2 Å². The molecule has 18 heavy (non-hydrogen) atoms. The maximum absolute atomic E-state index is 3.40. The van der Waals surface area contributed by atoms with E-state index in [4.69, 9.17) is 0 Å². The predicted octanol–water partition coefficient (Wildman–Crippen LogP) is 5.01. The summed E-state index contributed by atoms with van der Waals surface area (Å²) in [5.74, 6) is 0.874. The monoisotopic (exact) mass is 360 g/mol. The summed E-state index contributed by atoms with van der Waals surface area (Å²) in [4.78, 5) is 0. The van der Waals surface area contributed by atoms with E-state index in [0.29, 0.717) is 0 Å². The Kier molecular flexibility index (Phi) is 14.3. The third kappa shape index (κ3) is 7.12. The maximum Gasteiger partial charge on any atom is 2.00 e. The van der Waals surface area contributed by atoms with Crippen molar-refractivity contribution in [3.05, 3.63) is 48.1 Å². The molecule has 0 aromatic carbocycles. The van der Waals surface area contributed by atoms with E-state index in [9.17, 15) is 0 Å². The Labute approximate surface area is 143 Å². The van der Waals surface area contributed by atoms with Crippen molar-refractivity contribution in [1.29, 1.82) is 0 Å². The van der Waals surface area contributed by atoms with Gasteiger partial charge in [-0.3, -0.25) is 12.2 Å². The minimum absolute atomic E-state index is 0. The maximum atomic E-state index is 3.40. The smallest absolute Gasteiger partial charge is 0.273 e. The molecule has 0 nitrogen and oxygen atoms in total. The Balaban J connectivity index is 0. The summed E-state index contributed by atoms with van der Waals surface area (Å²) in [7, 11) is 0. The van der Waals surface area contributed by atoms with Crippen LogP contribution in [0.5, 0.6) is 0 Å². The first-order valence-corrected chi connectivity index (χ1v) is 5.96. The van der Waals surface area contributed by atoms with Crippen LogP contribution >= 0.6 is 24.8 Å². The molecule has 0 unspecified atom stereocenters. The van der Waals surface area contributed by atoms with Gasteiger partial charge < -0.3 is 0 Å². The Bertz CT molecular complexity index is 300. The van der Waals surface area contributed by atoms with Gasteiger partial charge in [0.05, 0.1) is 0 Å². The fourth-order valence-corrected chi connectivity index (χ4v) is 2.28. The van der Waals surface area contributed by atoms with E-state index in [1.165, 1.54) is 31.3 Å². The van der Waals surface area contributed by atoms with Crippen LogP contribution in [0.25, 0.3) is 0 Å². The summed E-state index contributed by atoms with van der Waals surface area (Å²) >= 11 is 0. The van der Waals surface area contributed by atoms with E-state index in [0.717, 1.165) is 18.8 Å². The van der Waals surface area contributed by atoms with E-state index >= 15 is 0 Å². The third-order valence-corrected chi connectivity index (χ3v) is 3.10. The predicted molar refractivity (Wildman–Crippen MR) is 78.5 cm³/mol. The van der Waals surface area contributed by atoms with Gasteiger partial charge in [-0.2, -0.15) is 12.2 Å². The Morgan fingerprint density at radius 2 is 1.72 bits per heavy atom. The largest absolute Gasteiger partial charge is 2.00 e. The molecule has 0 atom stereocenters. The molecule has 3 heteroatoms. The van der Waals surface area contributed by atoms with Crippen LogP contribution in [0.3, 0.4) is 0 Å². The topological polar surface area (TPSA) is 0 Å². The molecule has 0 aliphatic heterocycles. The SMILES string of the molecule is Cl.Cl.[C-]1=C(C2CCCC2)C=CC1.[C-]1=CC=CC1.[Zr+2]. The first-order valence-electron chi connectivity index (χ1n) is 5.96. The molecule has 1 fully saturated rings. The fraction of sp³-hybridized carbons (Fsp3) is 0.467.